The second kappa shape index (κ2) is 16.8. The van der Waals surface area contributed by atoms with Crippen molar-refractivity contribution in [1.82, 2.24) is 0 Å². The zero-order valence-electron chi connectivity index (χ0n) is 47.3. The topological polar surface area (TPSA) is 9.72 Å². The summed E-state index contributed by atoms with van der Waals surface area (Å²) in [6.07, 6.45) is 2.33. The Morgan fingerprint density at radius 3 is 1.36 bits per heavy atom. The fraction of sp³-hybridized carbons (Fsp3) is 0.382. The molecule has 7 aromatic carbocycles. The second-order valence-electron chi connectivity index (χ2n) is 26.6. The Morgan fingerprint density at radius 1 is 0.417 bits per heavy atom. The molecule has 0 atom stereocenters. The van der Waals surface area contributed by atoms with Crippen molar-refractivity contribution in [3.05, 3.63) is 176 Å². The largest absolute Gasteiger partial charge is 0.311 e. The van der Waals surface area contributed by atoms with E-state index in [1.54, 1.807) is 0 Å². The molecule has 2 heterocycles. The number of fused-ring (bicyclic) bond motifs is 5. The molecular weight excluding hydrogens is 870 g/mol. The summed E-state index contributed by atoms with van der Waals surface area (Å²) >= 11 is 0. The first-order chi connectivity index (χ1) is 33.6. The molecule has 72 heavy (non-hydrogen) atoms. The number of hydrogen-bond acceptors (Lipinski definition) is 3. The van der Waals surface area contributed by atoms with Crippen LogP contribution in [0.25, 0.3) is 0 Å². The van der Waals surface area contributed by atoms with Gasteiger partial charge in [0.15, 0.2) is 0 Å². The minimum atomic E-state index is -0.137. The summed E-state index contributed by atoms with van der Waals surface area (Å²) in [6.45, 7) is 45.0. The van der Waals surface area contributed by atoms with E-state index < -0.39 is 0 Å². The lowest BCUT2D eigenvalue weighted by molar-refractivity contribution is 0.332. The number of nitrogens with zero attached hydrogens (tertiary/aromatic N) is 3. The molecule has 2 aliphatic heterocycles. The first-order valence-corrected chi connectivity index (χ1v) is 26.8. The first kappa shape index (κ1) is 49.6. The first-order valence-electron chi connectivity index (χ1n) is 26.8. The van der Waals surface area contributed by atoms with Gasteiger partial charge in [0.05, 0.1) is 17.1 Å². The summed E-state index contributed by atoms with van der Waals surface area (Å²) in [5.41, 5.74) is 30.0. The number of benzene rings is 7. The maximum atomic E-state index is 2.70. The minimum Gasteiger partial charge on any atom is -0.311 e. The molecule has 0 radical (unpaired) electrons. The SMILES string of the molecule is Cc1cc(C(C)(C)C)cc(C)c1N(c1ccccc1)c1ccc2c(c1)N(c1c(C)cc(C(C)(C)C)cc1C)c1cc(C(C)(C)C)cc3c1B2c1cc2c(cc1N3c1c(C)cccc1C)C(C)(C)CCC2(C)C. The highest BCUT2D eigenvalue weighted by Gasteiger charge is 2.48. The van der Waals surface area contributed by atoms with Crippen molar-refractivity contribution in [2.75, 3.05) is 14.7 Å². The summed E-state index contributed by atoms with van der Waals surface area (Å²) in [7, 11) is 0. The van der Waals surface area contributed by atoms with Crippen LogP contribution in [0.15, 0.2) is 115 Å². The second-order valence-corrected chi connectivity index (χ2v) is 26.6. The maximum Gasteiger partial charge on any atom is 0.252 e. The van der Waals surface area contributed by atoms with Crippen LogP contribution in [0.3, 0.4) is 0 Å². The van der Waals surface area contributed by atoms with Crippen LogP contribution in [-0.4, -0.2) is 6.71 Å². The average Bonchev–Trinajstić information content (AvgIpc) is 3.28. The Kier molecular flexibility index (Phi) is 11.5. The molecule has 1 aliphatic carbocycles. The standard InChI is InChI=1S/C68H80BN3/c1-41-24-23-25-42(2)61(41)72-57-40-53-52(67(16,17)30-31-68(53,18)19)39-55(57)69-54-29-28-51(70(50-26-21-20-22-27-50)62-43(3)32-47(33-44(62)4)64(7,8)9)38-56(54)71(58-36-49(66(13,14)15)37-59(72)60(58)69)63-45(5)34-48(35-46(63)6)65(10,11)12/h20-29,32-40H,30-31H2,1-19H3. The average molecular weight is 950 g/mol. The van der Waals surface area contributed by atoms with Crippen LogP contribution < -0.4 is 31.1 Å². The van der Waals surface area contributed by atoms with E-state index in [1.165, 1.54) is 117 Å². The molecule has 0 aromatic heterocycles. The lowest BCUT2D eigenvalue weighted by atomic mass is 9.33. The van der Waals surface area contributed by atoms with E-state index in [9.17, 15) is 0 Å². The lowest BCUT2D eigenvalue weighted by Crippen LogP contribution is -2.62. The molecule has 0 fully saturated rings. The van der Waals surface area contributed by atoms with Crippen molar-refractivity contribution in [3.8, 4) is 0 Å². The van der Waals surface area contributed by atoms with Gasteiger partial charge in [0.25, 0.3) is 6.71 Å². The molecule has 0 N–H and O–H groups in total. The normalized spacial score (nSPS) is 15.7. The van der Waals surface area contributed by atoms with Gasteiger partial charge in [0, 0.05) is 34.1 Å². The third-order valence-corrected chi connectivity index (χ3v) is 17.0. The Hall–Kier alpha value is -6.00. The highest BCUT2D eigenvalue weighted by atomic mass is 15.2. The van der Waals surface area contributed by atoms with Crippen molar-refractivity contribution in [1.29, 1.82) is 0 Å². The van der Waals surface area contributed by atoms with Crippen LogP contribution in [0.2, 0.25) is 0 Å². The van der Waals surface area contributed by atoms with Gasteiger partial charge in [-0.2, -0.15) is 0 Å². The quantitative estimate of drug-likeness (QED) is 0.159. The van der Waals surface area contributed by atoms with Gasteiger partial charge in [-0.05, 0) is 202 Å². The monoisotopic (exact) mass is 950 g/mol. The zero-order chi connectivity index (χ0) is 51.9. The molecule has 0 spiro atoms. The number of hydrogen-bond donors (Lipinski definition) is 0. The van der Waals surface area contributed by atoms with Gasteiger partial charge in [-0.1, -0.05) is 163 Å². The number of para-hydroxylation sites is 2. The van der Waals surface area contributed by atoms with Crippen LogP contribution in [0.4, 0.5) is 51.2 Å². The van der Waals surface area contributed by atoms with Crippen molar-refractivity contribution in [2.45, 2.75) is 171 Å². The molecule has 3 nitrogen and oxygen atoms in total. The third kappa shape index (κ3) is 8.02. The van der Waals surface area contributed by atoms with E-state index in [0.29, 0.717) is 0 Å². The predicted octanol–water partition coefficient (Wildman–Crippen LogP) is 17.3. The highest BCUT2D eigenvalue weighted by molar-refractivity contribution is 7.00. The van der Waals surface area contributed by atoms with Gasteiger partial charge in [-0.15, -0.1) is 0 Å². The molecule has 10 rings (SSSR count). The molecule has 0 unspecified atom stereocenters. The lowest BCUT2D eigenvalue weighted by Gasteiger charge is -2.48. The van der Waals surface area contributed by atoms with E-state index in [2.05, 4.69) is 262 Å². The smallest absolute Gasteiger partial charge is 0.252 e. The van der Waals surface area contributed by atoms with E-state index in [1.807, 2.05) is 0 Å². The van der Waals surface area contributed by atoms with Crippen LogP contribution in [0.5, 0.6) is 0 Å². The summed E-state index contributed by atoms with van der Waals surface area (Å²) in [6, 6.07) is 45.6. The summed E-state index contributed by atoms with van der Waals surface area (Å²) in [5.74, 6) is 0. The molecular formula is C68H80BN3. The number of rotatable bonds is 5. The number of anilines is 9. The Bertz CT molecular complexity index is 3260. The van der Waals surface area contributed by atoms with Crippen molar-refractivity contribution in [2.24, 2.45) is 0 Å². The molecule has 0 amide bonds. The summed E-state index contributed by atoms with van der Waals surface area (Å²) in [5, 5.41) is 0. The van der Waals surface area contributed by atoms with Crippen molar-refractivity contribution in [3.63, 3.8) is 0 Å². The molecule has 0 bridgehead atoms. The fourth-order valence-corrected chi connectivity index (χ4v) is 12.7. The van der Waals surface area contributed by atoms with E-state index in [4.69, 9.17) is 0 Å². The van der Waals surface area contributed by atoms with E-state index >= 15 is 0 Å². The van der Waals surface area contributed by atoms with E-state index in [-0.39, 0.29) is 33.8 Å². The van der Waals surface area contributed by atoms with Crippen LogP contribution in [0.1, 0.15) is 164 Å². The van der Waals surface area contributed by atoms with Gasteiger partial charge in [-0.25, -0.2) is 0 Å². The fourth-order valence-electron chi connectivity index (χ4n) is 12.7. The van der Waals surface area contributed by atoms with Crippen LogP contribution >= 0.6 is 0 Å². The van der Waals surface area contributed by atoms with Crippen LogP contribution in [-0.2, 0) is 27.1 Å². The molecule has 370 valence electrons. The molecule has 0 saturated heterocycles. The predicted molar refractivity (Wildman–Crippen MR) is 315 cm³/mol. The minimum absolute atomic E-state index is 0.00295. The third-order valence-electron chi connectivity index (χ3n) is 17.0. The zero-order valence-corrected chi connectivity index (χ0v) is 47.3. The molecule has 0 saturated carbocycles. The molecule has 7 aromatic rings. The van der Waals surface area contributed by atoms with Crippen LogP contribution in [0, 0.1) is 41.5 Å². The van der Waals surface area contributed by atoms with Gasteiger partial charge in [0.2, 0.25) is 0 Å². The summed E-state index contributed by atoms with van der Waals surface area (Å²) in [4.78, 5) is 7.93. The molecule has 4 heteroatoms. The van der Waals surface area contributed by atoms with Gasteiger partial charge < -0.3 is 14.7 Å². The Balaban J connectivity index is 1.37. The van der Waals surface area contributed by atoms with Crippen molar-refractivity contribution < 1.29 is 0 Å². The maximum absolute atomic E-state index is 2.70. The Labute approximate surface area is 434 Å². The highest BCUT2D eigenvalue weighted by Crippen LogP contribution is 2.53. The van der Waals surface area contributed by atoms with Gasteiger partial charge in [-0.3, -0.25) is 0 Å². The Morgan fingerprint density at radius 2 is 0.861 bits per heavy atom. The van der Waals surface area contributed by atoms with Gasteiger partial charge in [0.1, 0.15) is 0 Å². The summed E-state index contributed by atoms with van der Waals surface area (Å²) < 4.78 is 0. The van der Waals surface area contributed by atoms with E-state index in [0.717, 1.165) is 24.2 Å². The van der Waals surface area contributed by atoms with Crippen molar-refractivity contribution >= 4 is 74.3 Å². The number of aryl methyl sites for hydroxylation is 6. The van der Waals surface area contributed by atoms with Gasteiger partial charge >= 0.3 is 0 Å². The molecule has 3 aliphatic rings.